The third-order valence-corrected chi connectivity index (χ3v) is 4.95. The Morgan fingerprint density at radius 1 is 1.16 bits per heavy atom. The highest BCUT2D eigenvalue weighted by Crippen LogP contribution is 2.26. The predicted octanol–water partition coefficient (Wildman–Crippen LogP) is 5.36. The van der Waals surface area contributed by atoms with Crippen molar-refractivity contribution in [3.8, 4) is 11.3 Å². The summed E-state index contributed by atoms with van der Waals surface area (Å²) in [5.74, 6) is -0.128. The molecule has 0 unspecified atom stereocenters. The van der Waals surface area contributed by atoms with Crippen LogP contribution in [0.3, 0.4) is 0 Å². The number of carbonyl (C=O) groups is 2. The monoisotopic (exact) mass is 429 g/mol. The largest absolute Gasteiger partial charge is 0.478 e. The van der Waals surface area contributed by atoms with E-state index in [1.165, 1.54) is 0 Å². The number of aromatic carboxylic acids is 1. The Hall–Kier alpha value is -2.83. The average Bonchev–Trinajstić information content (AvgIpc) is 3.03. The van der Waals surface area contributed by atoms with E-state index in [9.17, 15) is 14.7 Å². The zero-order chi connectivity index (χ0) is 23.2. The second kappa shape index (κ2) is 10.5. The van der Waals surface area contributed by atoms with Crippen molar-refractivity contribution in [2.75, 3.05) is 13.1 Å². The molecule has 2 rings (SSSR count). The van der Waals surface area contributed by atoms with E-state index in [0.29, 0.717) is 19.5 Å². The third kappa shape index (κ3) is 7.12. The third-order valence-electron chi connectivity index (χ3n) is 4.95. The summed E-state index contributed by atoms with van der Waals surface area (Å²) >= 11 is 0. The van der Waals surface area contributed by atoms with E-state index >= 15 is 0 Å². The molecule has 0 saturated heterocycles. The number of carbonyl (C=O) groups excluding carboxylic acids is 1. The SMILES string of the molecule is CCCCN(CCCc1nc(-c2cc(C(=O)O)ccc2C)c(C)[nH]1)C(=O)OC(C)(C)C. The number of imidazole rings is 1. The van der Waals surface area contributed by atoms with Crippen LogP contribution in [0.15, 0.2) is 18.2 Å². The Morgan fingerprint density at radius 3 is 2.45 bits per heavy atom. The number of carboxylic acids is 1. The van der Waals surface area contributed by atoms with Gasteiger partial charge in [-0.1, -0.05) is 19.4 Å². The number of rotatable bonds is 9. The molecule has 0 radical (unpaired) electrons. The first-order valence-electron chi connectivity index (χ1n) is 10.9. The van der Waals surface area contributed by atoms with Gasteiger partial charge in [0.2, 0.25) is 0 Å². The van der Waals surface area contributed by atoms with Gasteiger partial charge in [0.15, 0.2) is 0 Å². The zero-order valence-corrected chi connectivity index (χ0v) is 19.5. The molecule has 7 heteroatoms. The number of carboxylic acid groups (broad SMARTS) is 1. The molecule has 0 aliphatic rings. The molecule has 0 atom stereocenters. The minimum absolute atomic E-state index is 0.244. The molecule has 1 heterocycles. The molecule has 0 spiro atoms. The van der Waals surface area contributed by atoms with Crippen molar-refractivity contribution in [2.24, 2.45) is 0 Å². The Balaban J connectivity index is 2.08. The van der Waals surface area contributed by atoms with Crippen LogP contribution >= 0.6 is 0 Å². The number of hydrogen-bond donors (Lipinski definition) is 2. The van der Waals surface area contributed by atoms with Gasteiger partial charge in [-0.25, -0.2) is 14.6 Å². The van der Waals surface area contributed by atoms with Crippen molar-refractivity contribution >= 4 is 12.1 Å². The quantitative estimate of drug-likeness (QED) is 0.559. The van der Waals surface area contributed by atoms with E-state index in [1.807, 2.05) is 34.6 Å². The Bertz CT molecular complexity index is 912. The highest BCUT2D eigenvalue weighted by atomic mass is 16.6. The summed E-state index contributed by atoms with van der Waals surface area (Å²) in [5, 5.41) is 9.30. The van der Waals surface area contributed by atoms with Crippen molar-refractivity contribution in [1.29, 1.82) is 0 Å². The Labute approximate surface area is 184 Å². The van der Waals surface area contributed by atoms with E-state index < -0.39 is 11.6 Å². The second-order valence-corrected chi connectivity index (χ2v) is 8.92. The number of ether oxygens (including phenoxy) is 1. The van der Waals surface area contributed by atoms with Gasteiger partial charge in [-0.05, 0) is 65.2 Å². The van der Waals surface area contributed by atoms with Gasteiger partial charge in [-0.15, -0.1) is 0 Å². The number of aromatic nitrogens is 2. The smallest absolute Gasteiger partial charge is 0.410 e. The van der Waals surface area contributed by atoms with Crippen LogP contribution in [-0.4, -0.2) is 50.7 Å². The van der Waals surface area contributed by atoms with E-state index in [1.54, 1.807) is 23.1 Å². The fourth-order valence-electron chi connectivity index (χ4n) is 3.32. The molecular weight excluding hydrogens is 394 g/mol. The van der Waals surface area contributed by atoms with Crippen LogP contribution in [0.25, 0.3) is 11.3 Å². The first-order valence-corrected chi connectivity index (χ1v) is 10.9. The van der Waals surface area contributed by atoms with E-state index in [-0.39, 0.29) is 11.7 Å². The predicted molar refractivity (Wildman–Crippen MR) is 121 cm³/mol. The van der Waals surface area contributed by atoms with Gasteiger partial charge in [0.25, 0.3) is 0 Å². The maximum atomic E-state index is 12.5. The highest BCUT2D eigenvalue weighted by Gasteiger charge is 2.22. The standard InChI is InChI=1S/C24H35N3O4/c1-7-8-13-27(23(30)31-24(4,5)6)14-9-10-20-25-17(3)21(26-20)19-15-18(22(28)29)12-11-16(19)2/h11-12,15H,7-10,13-14H2,1-6H3,(H,25,26)(H,28,29). The van der Waals surface area contributed by atoms with Crippen LogP contribution in [-0.2, 0) is 11.2 Å². The highest BCUT2D eigenvalue weighted by molar-refractivity contribution is 5.89. The summed E-state index contributed by atoms with van der Waals surface area (Å²) in [6, 6.07) is 5.07. The number of nitrogens with zero attached hydrogens (tertiary/aromatic N) is 2. The minimum atomic E-state index is -0.955. The number of amides is 1. The normalized spacial score (nSPS) is 11.4. The molecule has 7 nitrogen and oxygen atoms in total. The van der Waals surface area contributed by atoms with Crippen LogP contribution in [0, 0.1) is 13.8 Å². The number of aryl methyl sites for hydroxylation is 3. The summed E-state index contributed by atoms with van der Waals surface area (Å²) in [6.07, 6.45) is 3.10. The Morgan fingerprint density at radius 2 is 1.84 bits per heavy atom. The molecule has 1 amide bonds. The molecule has 31 heavy (non-hydrogen) atoms. The number of unbranched alkanes of at least 4 members (excludes halogenated alkanes) is 1. The Kier molecular flexibility index (Phi) is 8.25. The molecule has 2 N–H and O–H groups in total. The van der Waals surface area contributed by atoms with Crippen LogP contribution in [0.1, 0.15) is 74.4 Å². The van der Waals surface area contributed by atoms with E-state index in [4.69, 9.17) is 9.72 Å². The first-order chi connectivity index (χ1) is 14.5. The lowest BCUT2D eigenvalue weighted by Crippen LogP contribution is -2.38. The minimum Gasteiger partial charge on any atom is -0.478 e. The summed E-state index contributed by atoms with van der Waals surface area (Å²) in [4.78, 5) is 33.6. The number of H-pyrrole nitrogens is 1. The lowest BCUT2D eigenvalue weighted by atomic mass is 10.0. The molecule has 1 aromatic carbocycles. The molecular formula is C24H35N3O4. The maximum absolute atomic E-state index is 12.5. The van der Waals surface area contributed by atoms with Gasteiger partial charge in [-0.2, -0.15) is 0 Å². The fraction of sp³-hybridized carbons (Fsp3) is 0.542. The first kappa shape index (κ1) is 24.4. The van der Waals surface area contributed by atoms with Gasteiger partial charge < -0.3 is 19.7 Å². The summed E-state index contributed by atoms with van der Waals surface area (Å²) < 4.78 is 5.54. The second-order valence-electron chi connectivity index (χ2n) is 8.92. The lowest BCUT2D eigenvalue weighted by molar-refractivity contribution is 0.0245. The van der Waals surface area contributed by atoms with Crippen molar-refractivity contribution in [3.63, 3.8) is 0 Å². The van der Waals surface area contributed by atoms with Crippen LogP contribution in [0.4, 0.5) is 4.79 Å². The molecule has 0 fully saturated rings. The van der Waals surface area contributed by atoms with Gasteiger partial charge >= 0.3 is 12.1 Å². The summed E-state index contributed by atoms with van der Waals surface area (Å²) in [5.41, 5.74) is 3.19. The zero-order valence-electron chi connectivity index (χ0n) is 19.5. The maximum Gasteiger partial charge on any atom is 0.410 e. The number of hydrogen-bond acceptors (Lipinski definition) is 4. The average molecular weight is 430 g/mol. The molecule has 0 bridgehead atoms. The number of benzene rings is 1. The number of aromatic amines is 1. The van der Waals surface area contributed by atoms with Crippen LogP contribution in [0.2, 0.25) is 0 Å². The summed E-state index contributed by atoms with van der Waals surface area (Å²) in [7, 11) is 0. The topological polar surface area (TPSA) is 95.5 Å². The van der Waals surface area contributed by atoms with Crippen molar-refractivity contribution in [3.05, 3.63) is 40.8 Å². The molecule has 2 aromatic rings. The van der Waals surface area contributed by atoms with Crippen molar-refractivity contribution < 1.29 is 19.4 Å². The van der Waals surface area contributed by atoms with E-state index in [0.717, 1.165) is 47.6 Å². The number of nitrogens with one attached hydrogen (secondary N) is 1. The van der Waals surface area contributed by atoms with Gasteiger partial charge in [0.1, 0.15) is 11.4 Å². The van der Waals surface area contributed by atoms with Crippen molar-refractivity contribution in [2.45, 2.75) is 72.8 Å². The molecule has 0 aliphatic carbocycles. The van der Waals surface area contributed by atoms with Crippen molar-refractivity contribution in [1.82, 2.24) is 14.9 Å². The van der Waals surface area contributed by atoms with Crippen LogP contribution < -0.4 is 0 Å². The molecule has 0 saturated carbocycles. The van der Waals surface area contributed by atoms with E-state index in [2.05, 4.69) is 11.9 Å². The fourth-order valence-corrected chi connectivity index (χ4v) is 3.32. The van der Waals surface area contributed by atoms with Gasteiger partial charge in [-0.3, -0.25) is 0 Å². The van der Waals surface area contributed by atoms with Gasteiger partial charge in [0, 0.05) is 30.8 Å². The molecule has 0 aliphatic heterocycles. The molecule has 1 aromatic heterocycles. The van der Waals surface area contributed by atoms with Gasteiger partial charge in [0.05, 0.1) is 11.3 Å². The van der Waals surface area contributed by atoms with Crippen LogP contribution in [0.5, 0.6) is 0 Å². The lowest BCUT2D eigenvalue weighted by Gasteiger charge is -2.27. The summed E-state index contributed by atoms with van der Waals surface area (Å²) in [6.45, 7) is 12.9. The molecule has 170 valence electrons.